The van der Waals surface area contributed by atoms with Crippen LogP contribution in [0.1, 0.15) is 101 Å². The normalized spacial score (nSPS) is 11.2. The summed E-state index contributed by atoms with van der Waals surface area (Å²) in [5.41, 5.74) is 0.961. The number of unbranched alkanes of at least 4 members (excludes halogenated alkanes) is 11. The number of hydrogen-bond donors (Lipinski definition) is 0. The Morgan fingerprint density at radius 2 is 1.52 bits per heavy atom. The van der Waals surface area contributed by atoms with Gasteiger partial charge in [0.2, 0.25) is 0 Å². The number of carbonyl (C=O) groups excluding carboxylic acids is 1. The van der Waals surface area contributed by atoms with Crippen molar-refractivity contribution in [3.8, 4) is 0 Å². The SMILES string of the molecule is CCCCCCCCCCCCCCn1cnc2c(I)cc(C(=O)OCC)cc2c1=O. The van der Waals surface area contributed by atoms with Gasteiger partial charge in [-0.3, -0.25) is 9.36 Å². The monoisotopic (exact) mass is 540 g/mol. The van der Waals surface area contributed by atoms with Crippen LogP contribution in [0.25, 0.3) is 10.9 Å². The van der Waals surface area contributed by atoms with Gasteiger partial charge in [0, 0.05) is 10.1 Å². The summed E-state index contributed by atoms with van der Waals surface area (Å²) in [6.07, 6.45) is 17.1. The van der Waals surface area contributed by atoms with Crippen molar-refractivity contribution in [3.63, 3.8) is 0 Å². The molecule has 0 saturated carbocycles. The first kappa shape index (κ1) is 25.8. The summed E-state index contributed by atoms with van der Waals surface area (Å²) in [7, 11) is 0. The second-order valence-corrected chi connectivity index (χ2v) is 9.37. The van der Waals surface area contributed by atoms with Crippen LogP contribution in [0.3, 0.4) is 0 Å². The largest absolute Gasteiger partial charge is 0.462 e. The fourth-order valence-corrected chi connectivity index (χ4v) is 4.61. The van der Waals surface area contributed by atoms with Crippen LogP contribution in [0.5, 0.6) is 0 Å². The highest BCUT2D eigenvalue weighted by Crippen LogP contribution is 2.19. The first-order chi connectivity index (χ1) is 15.1. The number of halogens is 1. The number of nitrogens with zero attached hydrogens (tertiary/aromatic N) is 2. The van der Waals surface area contributed by atoms with Gasteiger partial charge in [-0.25, -0.2) is 9.78 Å². The van der Waals surface area contributed by atoms with Gasteiger partial charge in [0.25, 0.3) is 5.56 Å². The smallest absolute Gasteiger partial charge is 0.338 e. The Morgan fingerprint density at radius 1 is 0.935 bits per heavy atom. The summed E-state index contributed by atoms with van der Waals surface area (Å²) in [6, 6.07) is 3.34. The van der Waals surface area contributed by atoms with Gasteiger partial charge in [0.05, 0.1) is 29.4 Å². The quantitative estimate of drug-likeness (QED) is 0.140. The average Bonchev–Trinajstić information content (AvgIpc) is 2.76. The molecule has 1 aromatic carbocycles. The van der Waals surface area contributed by atoms with Crippen LogP contribution in [0, 0.1) is 3.57 Å². The predicted octanol–water partition coefficient (Wildman–Crippen LogP) is 6.88. The Morgan fingerprint density at radius 3 is 2.10 bits per heavy atom. The van der Waals surface area contributed by atoms with E-state index in [4.69, 9.17) is 4.74 Å². The molecule has 0 saturated heterocycles. The third-order valence-corrected chi connectivity index (χ3v) is 6.47. The molecule has 2 rings (SSSR count). The third kappa shape index (κ3) is 8.54. The van der Waals surface area contributed by atoms with Gasteiger partial charge in [-0.15, -0.1) is 0 Å². The highest BCUT2D eigenvalue weighted by Gasteiger charge is 2.14. The van der Waals surface area contributed by atoms with Crippen LogP contribution in [-0.4, -0.2) is 22.1 Å². The van der Waals surface area contributed by atoms with Crippen molar-refractivity contribution in [1.29, 1.82) is 0 Å². The van der Waals surface area contributed by atoms with Crippen molar-refractivity contribution in [2.24, 2.45) is 0 Å². The lowest BCUT2D eigenvalue weighted by Crippen LogP contribution is -2.21. The topological polar surface area (TPSA) is 61.2 Å². The molecule has 6 heteroatoms. The summed E-state index contributed by atoms with van der Waals surface area (Å²) in [4.78, 5) is 29.5. The average molecular weight is 540 g/mol. The second kappa shape index (κ2) is 14.6. The van der Waals surface area contributed by atoms with E-state index in [2.05, 4.69) is 34.5 Å². The van der Waals surface area contributed by atoms with E-state index in [9.17, 15) is 9.59 Å². The van der Waals surface area contributed by atoms with E-state index >= 15 is 0 Å². The maximum Gasteiger partial charge on any atom is 0.338 e. The summed E-state index contributed by atoms with van der Waals surface area (Å²) >= 11 is 2.12. The molecule has 0 spiro atoms. The van der Waals surface area contributed by atoms with E-state index in [0.29, 0.717) is 29.6 Å². The molecule has 0 aliphatic carbocycles. The molecule has 0 aliphatic rings. The number of hydrogen-bond acceptors (Lipinski definition) is 4. The number of ether oxygens (including phenoxy) is 1. The van der Waals surface area contributed by atoms with Crippen molar-refractivity contribution in [1.82, 2.24) is 9.55 Å². The van der Waals surface area contributed by atoms with E-state index in [1.165, 1.54) is 64.2 Å². The summed E-state index contributed by atoms with van der Waals surface area (Å²) in [6.45, 7) is 5.01. The van der Waals surface area contributed by atoms with Crippen LogP contribution >= 0.6 is 22.6 Å². The molecule has 0 aliphatic heterocycles. The molecule has 172 valence electrons. The number of fused-ring (bicyclic) bond motifs is 1. The minimum Gasteiger partial charge on any atom is -0.462 e. The van der Waals surface area contributed by atoms with E-state index in [-0.39, 0.29) is 5.56 Å². The number of carbonyl (C=O) groups is 1. The highest BCUT2D eigenvalue weighted by molar-refractivity contribution is 14.1. The number of esters is 1. The van der Waals surface area contributed by atoms with Crippen LogP contribution in [-0.2, 0) is 11.3 Å². The zero-order valence-electron chi connectivity index (χ0n) is 19.1. The van der Waals surface area contributed by atoms with Crippen LogP contribution < -0.4 is 5.56 Å². The predicted molar refractivity (Wildman–Crippen MR) is 136 cm³/mol. The second-order valence-electron chi connectivity index (χ2n) is 8.21. The molecule has 1 heterocycles. The fourth-order valence-electron chi connectivity index (χ4n) is 3.84. The lowest BCUT2D eigenvalue weighted by molar-refractivity contribution is 0.0526. The lowest BCUT2D eigenvalue weighted by Gasteiger charge is -2.09. The van der Waals surface area contributed by atoms with Gasteiger partial charge in [0.1, 0.15) is 0 Å². The zero-order valence-corrected chi connectivity index (χ0v) is 21.3. The molecule has 0 bridgehead atoms. The molecule has 0 radical (unpaired) electrons. The Labute approximate surface area is 200 Å². The van der Waals surface area contributed by atoms with Crippen LogP contribution in [0.4, 0.5) is 0 Å². The van der Waals surface area contributed by atoms with Crippen molar-refractivity contribution >= 4 is 39.5 Å². The molecule has 0 N–H and O–H groups in total. The molecular weight excluding hydrogens is 503 g/mol. The number of benzene rings is 1. The molecular formula is C25H37IN2O3. The maximum atomic E-state index is 12.9. The first-order valence-electron chi connectivity index (χ1n) is 11.9. The Bertz CT molecular complexity index is 879. The third-order valence-electron chi connectivity index (χ3n) is 5.64. The van der Waals surface area contributed by atoms with Crippen molar-refractivity contribution in [2.75, 3.05) is 6.61 Å². The molecule has 0 fully saturated rings. The van der Waals surface area contributed by atoms with Gasteiger partial charge < -0.3 is 4.74 Å². The van der Waals surface area contributed by atoms with Crippen molar-refractivity contribution in [3.05, 3.63) is 37.9 Å². The molecule has 5 nitrogen and oxygen atoms in total. The van der Waals surface area contributed by atoms with Crippen LogP contribution in [0.2, 0.25) is 0 Å². The van der Waals surface area contributed by atoms with Gasteiger partial charge in [0.15, 0.2) is 0 Å². The molecule has 31 heavy (non-hydrogen) atoms. The van der Waals surface area contributed by atoms with Gasteiger partial charge in [-0.2, -0.15) is 0 Å². The highest BCUT2D eigenvalue weighted by atomic mass is 127. The Balaban J connectivity index is 1.78. The molecule has 0 atom stereocenters. The molecule has 2 aromatic rings. The minimum atomic E-state index is -0.405. The Kier molecular flexibility index (Phi) is 12.2. The minimum absolute atomic E-state index is 0.0860. The number of aryl methyl sites for hydroxylation is 1. The van der Waals surface area contributed by atoms with Gasteiger partial charge in [-0.1, -0.05) is 77.6 Å². The number of rotatable bonds is 15. The Hall–Kier alpha value is -1.44. The van der Waals surface area contributed by atoms with E-state index in [0.717, 1.165) is 16.4 Å². The van der Waals surface area contributed by atoms with E-state index < -0.39 is 5.97 Å². The molecule has 0 unspecified atom stereocenters. The fraction of sp³-hybridized carbons (Fsp3) is 0.640. The van der Waals surface area contributed by atoms with Gasteiger partial charge in [-0.05, 0) is 48.1 Å². The van der Waals surface area contributed by atoms with Gasteiger partial charge >= 0.3 is 5.97 Å². The van der Waals surface area contributed by atoms with E-state index in [1.807, 2.05) is 0 Å². The summed E-state index contributed by atoms with van der Waals surface area (Å²) in [5, 5.41) is 0.483. The van der Waals surface area contributed by atoms with Crippen molar-refractivity contribution in [2.45, 2.75) is 97.4 Å². The van der Waals surface area contributed by atoms with Crippen molar-refractivity contribution < 1.29 is 9.53 Å². The number of aromatic nitrogens is 2. The molecule has 0 amide bonds. The maximum absolute atomic E-state index is 12.9. The summed E-state index contributed by atoms with van der Waals surface area (Å²) in [5.74, 6) is -0.405. The standard InChI is InChI=1S/C25H37IN2O3/c1-3-5-6-7-8-9-10-11-12-13-14-15-16-28-19-27-23-21(24(28)29)17-20(18-22(23)26)25(30)31-4-2/h17-19H,3-16H2,1-2H3. The molecule has 1 aromatic heterocycles. The summed E-state index contributed by atoms with van der Waals surface area (Å²) < 4.78 is 7.53. The van der Waals surface area contributed by atoms with E-state index in [1.54, 1.807) is 30.0 Å². The van der Waals surface area contributed by atoms with Crippen LogP contribution in [0.15, 0.2) is 23.3 Å². The zero-order chi connectivity index (χ0) is 22.5. The lowest BCUT2D eigenvalue weighted by atomic mass is 10.1. The first-order valence-corrected chi connectivity index (χ1v) is 13.0.